The van der Waals surface area contributed by atoms with Crippen molar-refractivity contribution >= 4 is 39.2 Å². The molecule has 0 aliphatic carbocycles. The van der Waals surface area contributed by atoms with Crippen LogP contribution in [0, 0.1) is 11.8 Å². The first-order chi connectivity index (χ1) is 35.9. The van der Waals surface area contributed by atoms with Gasteiger partial charge in [0, 0.05) is 31.4 Å². The molecule has 2 aliphatic heterocycles. The van der Waals surface area contributed by atoms with E-state index in [1.54, 1.807) is 12.2 Å². The van der Waals surface area contributed by atoms with Crippen molar-refractivity contribution in [3.63, 3.8) is 0 Å². The zero-order chi connectivity index (χ0) is 55.1. The molecule has 1 aromatic heterocycles. The number of unbranched alkanes of at least 4 members (excludes halogenated alkanes) is 9. The van der Waals surface area contributed by atoms with Gasteiger partial charge in [0.25, 0.3) is 0 Å². The number of esters is 2. The Balaban J connectivity index is 1.75. The summed E-state index contributed by atoms with van der Waals surface area (Å²) in [5.74, 6) is -5.17. The lowest BCUT2D eigenvalue weighted by Crippen LogP contribution is -2.51. The minimum Gasteiger partial charge on any atom is -0.462 e. The summed E-state index contributed by atoms with van der Waals surface area (Å²) in [4.78, 5) is 78.3. The number of cyclic esters (lactones) is 1. The molecule has 1 fully saturated rings. The highest BCUT2D eigenvalue weighted by Gasteiger charge is 2.45. The largest absolute Gasteiger partial charge is 0.481 e. The number of aromatic nitrogens is 2. The Morgan fingerprint density at radius 2 is 1.51 bits per heavy atom. The van der Waals surface area contributed by atoms with Crippen LogP contribution in [0.3, 0.4) is 0 Å². The van der Waals surface area contributed by atoms with Crippen molar-refractivity contribution < 1.29 is 81.3 Å². The number of carbonyl (C=O) groups excluding carboxylic acids is 3. The van der Waals surface area contributed by atoms with E-state index in [4.69, 9.17) is 29.0 Å². The molecule has 23 heteroatoms. The lowest BCUT2D eigenvalue weighted by Gasteiger charge is -2.38. The highest BCUT2D eigenvalue weighted by molar-refractivity contribution is 7.61. The molecule has 1 saturated heterocycles. The SMILES string of the molecule is CCCCC/C=C\C/C=C\C/C=C\CCCCCCC(=O)OC[C@@H]1COP(=O)(O)OP(=O)(O)OC[C@H]2O[C@@H](n3ccc(N)nc3=O)[C@@H](CC=CCCCC(=O)O1)C(=O)C[C@@H](O)[C@H](C=C[C@@H](O)CCCCC)[C@H](O)[C@@H]2O. The number of aliphatic hydroxyl groups excluding tert-OH is 4. The third kappa shape index (κ3) is 26.8. The van der Waals surface area contributed by atoms with Gasteiger partial charge >= 0.3 is 33.3 Å². The van der Waals surface area contributed by atoms with Gasteiger partial charge in [-0.2, -0.15) is 9.29 Å². The van der Waals surface area contributed by atoms with Crippen molar-refractivity contribution in [1.29, 1.82) is 0 Å². The van der Waals surface area contributed by atoms with Crippen LogP contribution in [0.2, 0.25) is 0 Å². The van der Waals surface area contributed by atoms with Crippen molar-refractivity contribution in [2.45, 2.75) is 192 Å². The molecule has 2 aliphatic rings. The molecule has 21 nitrogen and oxygen atoms in total. The number of nitrogen functional groups attached to an aromatic ring is 1. The fraction of sp³-hybridized carbons (Fsp3) is 0.673. The Bertz CT molecular complexity index is 2170. The number of rotatable bonds is 24. The molecule has 0 saturated carbocycles. The second-order valence-corrected chi connectivity index (χ2v) is 21.8. The average Bonchev–Trinajstić information content (AvgIpc) is 3.35. The number of ether oxygens (including phenoxy) is 3. The van der Waals surface area contributed by atoms with Crippen molar-refractivity contribution in [2.75, 3.05) is 25.6 Å². The molecule has 3 rings (SSSR count). The number of hydrogen-bond acceptors (Lipinski definition) is 18. The summed E-state index contributed by atoms with van der Waals surface area (Å²) >= 11 is 0. The van der Waals surface area contributed by atoms with Crippen molar-refractivity contribution in [3.8, 4) is 0 Å². The summed E-state index contributed by atoms with van der Waals surface area (Å²) in [6, 6.07) is 1.21. The molecule has 1 aromatic rings. The molecule has 0 radical (unpaired) electrons. The van der Waals surface area contributed by atoms with Gasteiger partial charge in [-0.15, -0.1) is 0 Å². The first-order valence-corrected chi connectivity index (χ1v) is 29.4. The zero-order valence-corrected chi connectivity index (χ0v) is 45.3. The normalized spacial score (nSPS) is 28.8. The first-order valence-electron chi connectivity index (χ1n) is 26.4. The quantitative estimate of drug-likeness (QED) is 0.0226. The number of nitrogens with two attached hydrogens (primary N) is 1. The predicted octanol–water partition coefficient (Wildman–Crippen LogP) is 7.70. The Labute approximate surface area is 441 Å². The van der Waals surface area contributed by atoms with Gasteiger partial charge in [0.2, 0.25) is 0 Å². The van der Waals surface area contributed by atoms with Gasteiger partial charge in [-0.05, 0) is 76.7 Å². The maximum Gasteiger partial charge on any atom is 0.481 e. The van der Waals surface area contributed by atoms with E-state index in [9.17, 15) is 58.5 Å². The number of ketones is 1. The van der Waals surface area contributed by atoms with Crippen LogP contribution in [-0.4, -0.2) is 114 Å². The second-order valence-electron chi connectivity index (χ2n) is 18.8. The first kappa shape index (κ1) is 65.3. The Hall–Kier alpha value is -3.95. The Kier molecular flexibility index (Phi) is 31.5. The van der Waals surface area contributed by atoms with Gasteiger partial charge < -0.3 is 50.2 Å². The van der Waals surface area contributed by atoms with E-state index in [1.807, 2.05) is 6.92 Å². The third-order valence-corrected chi connectivity index (χ3v) is 15.0. The fourth-order valence-corrected chi connectivity index (χ4v) is 10.3. The smallest absolute Gasteiger partial charge is 0.462 e. The van der Waals surface area contributed by atoms with Crippen LogP contribution in [0.25, 0.3) is 0 Å². The molecule has 2 unspecified atom stereocenters. The van der Waals surface area contributed by atoms with Crippen LogP contribution in [0.4, 0.5) is 5.82 Å². The summed E-state index contributed by atoms with van der Waals surface area (Å²) in [5.41, 5.74) is 4.72. The molecular formula is C52H83N3O18P2. The van der Waals surface area contributed by atoms with Gasteiger partial charge in [0.1, 0.15) is 36.6 Å². The van der Waals surface area contributed by atoms with Crippen LogP contribution >= 0.6 is 15.6 Å². The number of hydrogen-bond donors (Lipinski definition) is 7. The summed E-state index contributed by atoms with van der Waals surface area (Å²) in [6.07, 6.45) is 20.6. The fourth-order valence-electron chi connectivity index (χ4n) is 8.19. The lowest BCUT2D eigenvalue weighted by molar-refractivity contribution is -0.183. The molecule has 11 atom stereocenters. The van der Waals surface area contributed by atoms with E-state index in [0.717, 1.165) is 68.6 Å². The summed E-state index contributed by atoms with van der Waals surface area (Å²) in [7, 11) is -11.3. The number of carbonyl (C=O) groups is 3. The maximum absolute atomic E-state index is 14.3. The molecule has 75 heavy (non-hydrogen) atoms. The molecule has 0 spiro atoms. The number of fused-ring (bicyclic) bond motifs is 3. The number of aliphatic hydroxyl groups is 4. The minimum absolute atomic E-state index is 0.0472. The number of nitrogens with zero attached hydrogens (tertiary/aromatic N) is 2. The van der Waals surface area contributed by atoms with E-state index in [0.29, 0.717) is 19.3 Å². The van der Waals surface area contributed by atoms with Crippen molar-refractivity contribution in [3.05, 3.63) is 83.5 Å². The van der Waals surface area contributed by atoms with Gasteiger partial charge in [0.15, 0.2) is 6.10 Å². The lowest BCUT2D eigenvalue weighted by atomic mass is 9.83. The van der Waals surface area contributed by atoms with Crippen molar-refractivity contribution in [1.82, 2.24) is 9.55 Å². The predicted molar refractivity (Wildman–Crippen MR) is 280 cm³/mol. The molecule has 3 heterocycles. The van der Waals surface area contributed by atoms with Gasteiger partial charge in [0.05, 0.1) is 37.4 Å². The molecule has 0 aromatic carbocycles. The second kappa shape index (κ2) is 36.2. The van der Waals surface area contributed by atoms with Crippen molar-refractivity contribution in [2.24, 2.45) is 11.8 Å². The molecular weight excluding hydrogens is 1020 g/mol. The van der Waals surface area contributed by atoms with Crippen LogP contribution in [-0.2, 0) is 51.1 Å². The van der Waals surface area contributed by atoms with E-state index in [-0.39, 0.29) is 37.9 Å². The zero-order valence-electron chi connectivity index (χ0n) is 43.5. The van der Waals surface area contributed by atoms with Gasteiger partial charge in [-0.25, -0.2) is 13.9 Å². The topological polar surface area (TPSA) is 323 Å². The minimum atomic E-state index is -5.73. The van der Waals surface area contributed by atoms with Crippen LogP contribution in [0.5, 0.6) is 0 Å². The Morgan fingerprint density at radius 1 is 0.867 bits per heavy atom. The molecule has 0 amide bonds. The highest BCUT2D eigenvalue weighted by atomic mass is 31.3. The summed E-state index contributed by atoms with van der Waals surface area (Å²) < 4.78 is 58.8. The van der Waals surface area contributed by atoms with E-state index < -0.39 is 120 Å². The number of phosphoric ester groups is 2. The van der Waals surface area contributed by atoms with E-state index in [2.05, 4.69) is 52.7 Å². The number of allylic oxidation sites excluding steroid dienone is 8. The number of phosphoric acid groups is 2. The monoisotopic (exact) mass is 1100 g/mol. The summed E-state index contributed by atoms with van der Waals surface area (Å²) in [5, 5.41) is 45.5. The van der Waals surface area contributed by atoms with Crippen LogP contribution in [0.1, 0.15) is 155 Å². The summed E-state index contributed by atoms with van der Waals surface area (Å²) in [6.45, 7) is 1.40. The number of anilines is 1. The molecule has 424 valence electrons. The average molecular weight is 1100 g/mol. The van der Waals surface area contributed by atoms with Crippen LogP contribution in [0.15, 0.2) is 77.8 Å². The van der Waals surface area contributed by atoms with E-state index in [1.165, 1.54) is 37.5 Å². The van der Waals surface area contributed by atoms with Gasteiger partial charge in [-0.1, -0.05) is 120 Å². The van der Waals surface area contributed by atoms with E-state index >= 15 is 0 Å². The molecule has 8 N–H and O–H groups in total. The van der Waals surface area contributed by atoms with Crippen LogP contribution < -0.4 is 11.4 Å². The number of Topliss-reactive ketones (excluding diaryl/α,β-unsaturated/α-hetero) is 1. The third-order valence-electron chi connectivity index (χ3n) is 12.4. The Morgan fingerprint density at radius 3 is 2.19 bits per heavy atom. The highest BCUT2D eigenvalue weighted by Crippen LogP contribution is 2.60. The standard InChI is InChI=1S/C52H83N3O18P2/c1-3-5-7-8-9-10-11-12-13-14-15-16-17-18-19-20-25-29-47(59)68-36-40-37-69-74(64,65)73-75(66,67)70-38-45-50(62)49(61)41(32-31-39(56)27-23-6-4-2)43(57)35-44(58)42(28-24-21-22-26-30-48(60)71-40)51(72-45)55-34-33-46(53)54-52(55)63/h9-10,12-13,15-16,21,24,31-34,39-43,45,49-51,56-57,61-62H,3-8,11,14,17-20,22-23,25-30,35-38H2,1-2H3,(H,64,65)(H,66,67)(H2,53,54,63)/b10-9-,13-12-,16-15-,24-21?,32-31?/t39-,40+,41-,42-,43+,45+,49-,50+,51+/m0/s1. The molecule has 2 bridgehead atoms. The van der Waals surface area contributed by atoms with Gasteiger partial charge in [-0.3, -0.25) is 28.0 Å². The maximum atomic E-state index is 14.3.